The van der Waals surface area contributed by atoms with Crippen LogP contribution >= 0.6 is 23.5 Å². The zero-order valence-electron chi connectivity index (χ0n) is 16.6. The van der Waals surface area contributed by atoms with E-state index in [1.54, 1.807) is 0 Å². The van der Waals surface area contributed by atoms with Gasteiger partial charge >= 0.3 is 0 Å². The first-order valence-corrected chi connectivity index (χ1v) is 11.2. The second kappa shape index (κ2) is 16.0. The van der Waals surface area contributed by atoms with Gasteiger partial charge in [-0.15, -0.1) is 23.5 Å². The quantitative estimate of drug-likeness (QED) is 0.318. The third-order valence-corrected chi connectivity index (χ3v) is 5.42. The molecule has 0 aliphatic heterocycles. The summed E-state index contributed by atoms with van der Waals surface area (Å²) in [5, 5.41) is 5.62. The van der Waals surface area contributed by atoms with E-state index in [0.29, 0.717) is 19.6 Å². The highest BCUT2D eigenvalue weighted by Gasteiger charge is 2.16. The predicted molar refractivity (Wildman–Crippen MR) is 110 cm³/mol. The number of hydrogen-bond acceptors (Lipinski definition) is 7. The molecule has 0 aromatic heterocycles. The molecule has 0 aliphatic rings. The minimum Gasteiger partial charge on any atom is -0.370 e. The average Bonchev–Trinajstić information content (AvgIpc) is 2.61. The Morgan fingerprint density at radius 3 is 1.96 bits per heavy atom. The lowest BCUT2D eigenvalue weighted by Crippen LogP contribution is -2.45. The molecule has 3 unspecified atom stereocenters. The van der Waals surface area contributed by atoms with E-state index in [1.165, 1.54) is 23.5 Å². The van der Waals surface area contributed by atoms with E-state index in [2.05, 4.69) is 10.6 Å². The van der Waals surface area contributed by atoms with Crippen LogP contribution in [0.15, 0.2) is 0 Å². The standard InChI is InChI=1S/C17H33N3O5S2/c1-5-24-12(3)26-10-16(22)19-9-14(7-8-15(18)21)20-17(23)11-27-13(4)25-6-2/h12-14H,5-11H2,1-4H3,(H2,18,21)(H,19,22)(H,20,23). The average molecular weight is 424 g/mol. The molecule has 3 amide bonds. The molecule has 4 N–H and O–H groups in total. The van der Waals surface area contributed by atoms with Gasteiger partial charge in [-0.2, -0.15) is 0 Å². The van der Waals surface area contributed by atoms with Crippen LogP contribution in [0.3, 0.4) is 0 Å². The Morgan fingerprint density at radius 2 is 1.48 bits per heavy atom. The van der Waals surface area contributed by atoms with Gasteiger partial charge in [-0.3, -0.25) is 14.4 Å². The van der Waals surface area contributed by atoms with E-state index in [9.17, 15) is 14.4 Å². The summed E-state index contributed by atoms with van der Waals surface area (Å²) in [6.07, 6.45) is 0.509. The highest BCUT2D eigenvalue weighted by Crippen LogP contribution is 2.12. The van der Waals surface area contributed by atoms with Crippen molar-refractivity contribution in [2.24, 2.45) is 5.73 Å². The molecular formula is C17H33N3O5S2. The lowest BCUT2D eigenvalue weighted by Gasteiger charge is -2.20. The molecule has 8 nitrogen and oxygen atoms in total. The topological polar surface area (TPSA) is 120 Å². The first-order valence-electron chi connectivity index (χ1n) is 9.09. The smallest absolute Gasteiger partial charge is 0.230 e. The molecule has 0 radical (unpaired) electrons. The minimum atomic E-state index is -0.444. The predicted octanol–water partition coefficient (Wildman–Crippen LogP) is 1.08. The molecule has 0 bridgehead atoms. The van der Waals surface area contributed by atoms with Gasteiger partial charge in [0.1, 0.15) is 10.9 Å². The first-order chi connectivity index (χ1) is 12.8. The zero-order chi connectivity index (χ0) is 20.7. The minimum absolute atomic E-state index is 0.0598. The Labute approximate surface area is 170 Å². The molecule has 0 aromatic rings. The summed E-state index contributed by atoms with van der Waals surface area (Å²) in [5.41, 5.74) is 5.06. The van der Waals surface area contributed by atoms with E-state index in [4.69, 9.17) is 15.2 Å². The van der Waals surface area contributed by atoms with Crippen LogP contribution in [0.25, 0.3) is 0 Å². The molecular weight excluding hydrogens is 390 g/mol. The third kappa shape index (κ3) is 15.8. The van der Waals surface area contributed by atoms with Gasteiger partial charge in [0.2, 0.25) is 17.7 Å². The number of nitrogens with two attached hydrogens (primary N) is 1. The number of amides is 3. The lowest BCUT2D eigenvalue weighted by molar-refractivity contribution is -0.121. The molecule has 0 saturated carbocycles. The number of primary amides is 1. The van der Waals surface area contributed by atoms with Crippen molar-refractivity contribution in [1.29, 1.82) is 0 Å². The number of nitrogens with one attached hydrogen (secondary N) is 2. The molecule has 10 heteroatoms. The number of rotatable bonds is 16. The molecule has 0 fully saturated rings. The van der Waals surface area contributed by atoms with Gasteiger partial charge in [0, 0.05) is 32.2 Å². The van der Waals surface area contributed by atoms with Crippen LogP contribution < -0.4 is 16.4 Å². The van der Waals surface area contributed by atoms with Crippen molar-refractivity contribution in [2.75, 3.05) is 31.3 Å². The fourth-order valence-corrected chi connectivity index (χ4v) is 3.47. The maximum Gasteiger partial charge on any atom is 0.230 e. The molecule has 0 saturated heterocycles. The molecule has 0 heterocycles. The first kappa shape index (κ1) is 26.0. The maximum absolute atomic E-state index is 12.1. The van der Waals surface area contributed by atoms with E-state index in [0.717, 1.165) is 0 Å². The van der Waals surface area contributed by atoms with Crippen molar-refractivity contribution in [3.05, 3.63) is 0 Å². The Bertz CT molecular complexity index is 454. The highest BCUT2D eigenvalue weighted by molar-refractivity contribution is 8.00. The van der Waals surface area contributed by atoms with Gasteiger partial charge in [-0.05, 0) is 34.1 Å². The molecule has 0 spiro atoms. The number of carbonyl (C=O) groups excluding carboxylic acids is 3. The maximum atomic E-state index is 12.1. The van der Waals surface area contributed by atoms with Crippen LogP contribution in [-0.2, 0) is 23.9 Å². The van der Waals surface area contributed by atoms with E-state index >= 15 is 0 Å². The lowest BCUT2D eigenvalue weighted by atomic mass is 10.1. The summed E-state index contributed by atoms with van der Waals surface area (Å²) in [4.78, 5) is 35.1. The second-order valence-corrected chi connectivity index (χ2v) is 8.31. The molecule has 0 aromatic carbocycles. The van der Waals surface area contributed by atoms with Crippen molar-refractivity contribution in [2.45, 2.75) is 57.5 Å². The largest absolute Gasteiger partial charge is 0.370 e. The normalized spacial score (nSPS) is 14.2. The van der Waals surface area contributed by atoms with E-state index in [1.807, 2.05) is 27.7 Å². The number of thioether (sulfide) groups is 2. The van der Waals surface area contributed by atoms with Gasteiger partial charge in [0.25, 0.3) is 0 Å². The Kier molecular flexibility index (Phi) is 15.5. The summed E-state index contributed by atoms with van der Waals surface area (Å²) in [5.74, 6) is -0.261. The highest BCUT2D eigenvalue weighted by atomic mass is 32.2. The molecule has 3 atom stereocenters. The van der Waals surface area contributed by atoms with Gasteiger partial charge in [0.05, 0.1) is 11.5 Å². The Hall–Kier alpha value is -0.970. The fourth-order valence-electron chi connectivity index (χ4n) is 2.05. The Morgan fingerprint density at radius 1 is 0.963 bits per heavy atom. The summed E-state index contributed by atoms with van der Waals surface area (Å²) in [7, 11) is 0. The van der Waals surface area contributed by atoms with Crippen LogP contribution in [-0.4, -0.2) is 65.9 Å². The van der Waals surface area contributed by atoms with Crippen molar-refractivity contribution in [1.82, 2.24) is 10.6 Å². The van der Waals surface area contributed by atoms with Gasteiger partial charge in [-0.25, -0.2) is 0 Å². The van der Waals surface area contributed by atoms with Crippen LogP contribution in [0.2, 0.25) is 0 Å². The molecule has 0 aliphatic carbocycles. The fraction of sp³-hybridized carbons (Fsp3) is 0.824. The Balaban J connectivity index is 4.35. The van der Waals surface area contributed by atoms with Crippen molar-refractivity contribution < 1.29 is 23.9 Å². The van der Waals surface area contributed by atoms with Gasteiger partial charge in [0.15, 0.2) is 0 Å². The number of carbonyl (C=O) groups is 3. The van der Waals surface area contributed by atoms with Crippen LogP contribution in [0.1, 0.15) is 40.5 Å². The molecule has 158 valence electrons. The third-order valence-electron chi connectivity index (χ3n) is 3.35. The molecule has 27 heavy (non-hydrogen) atoms. The monoisotopic (exact) mass is 423 g/mol. The zero-order valence-corrected chi connectivity index (χ0v) is 18.2. The van der Waals surface area contributed by atoms with Gasteiger partial charge in [-0.1, -0.05) is 0 Å². The second-order valence-electron chi connectivity index (χ2n) is 5.74. The van der Waals surface area contributed by atoms with Gasteiger partial charge < -0.3 is 25.8 Å². The summed E-state index contributed by atoms with van der Waals surface area (Å²) in [6, 6.07) is -0.355. The van der Waals surface area contributed by atoms with Crippen molar-refractivity contribution >= 4 is 41.2 Å². The summed E-state index contributed by atoms with van der Waals surface area (Å²) in [6.45, 7) is 8.99. The van der Waals surface area contributed by atoms with Crippen LogP contribution in [0.5, 0.6) is 0 Å². The van der Waals surface area contributed by atoms with E-state index < -0.39 is 5.91 Å². The van der Waals surface area contributed by atoms with Crippen LogP contribution in [0, 0.1) is 0 Å². The van der Waals surface area contributed by atoms with Crippen LogP contribution in [0.4, 0.5) is 0 Å². The van der Waals surface area contributed by atoms with Crippen molar-refractivity contribution in [3.63, 3.8) is 0 Å². The van der Waals surface area contributed by atoms with Crippen molar-refractivity contribution in [3.8, 4) is 0 Å². The number of ether oxygens (including phenoxy) is 2. The summed E-state index contributed by atoms with van der Waals surface area (Å²) < 4.78 is 10.7. The summed E-state index contributed by atoms with van der Waals surface area (Å²) >= 11 is 2.78. The number of hydrogen-bond donors (Lipinski definition) is 3. The SMILES string of the molecule is CCOC(C)SCC(=O)NCC(CCC(N)=O)NC(=O)CSC(C)OCC. The van der Waals surface area contributed by atoms with E-state index in [-0.39, 0.29) is 53.2 Å². The molecule has 0 rings (SSSR count).